The minimum atomic E-state index is -0.378. The van der Waals surface area contributed by atoms with E-state index in [4.69, 9.17) is 10.5 Å². The average Bonchev–Trinajstić information content (AvgIpc) is 2.83. The van der Waals surface area contributed by atoms with Crippen LogP contribution in [0.4, 0.5) is 5.69 Å². The SMILES string of the molecule is Cc1c(Br)cccc1NC(=O)C1CCC(CN)O1. The van der Waals surface area contributed by atoms with Gasteiger partial charge in [0.15, 0.2) is 0 Å². The Hall–Kier alpha value is -0.910. The molecule has 2 unspecified atom stereocenters. The van der Waals surface area contributed by atoms with E-state index in [1.54, 1.807) is 0 Å². The second kappa shape index (κ2) is 5.82. The summed E-state index contributed by atoms with van der Waals surface area (Å²) in [5, 5.41) is 2.90. The number of halogens is 1. The number of nitrogens with one attached hydrogen (secondary N) is 1. The molecule has 0 radical (unpaired) electrons. The molecule has 0 bridgehead atoms. The molecule has 0 aliphatic carbocycles. The first-order valence-corrected chi connectivity index (χ1v) is 6.82. The number of rotatable bonds is 3. The molecule has 1 fully saturated rings. The summed E-state index contributed by atoms with van der Waals surface area (Å²) >= 11 is 3.44. The summed E-state index contributed by atoms with van der Waals surface area (Å²) in [5.41, 5.74) is 7.36. The lowest BCUT2D eigenvalue weighted by Gasteiger charge is -2.14. The van der Waals surface area contributed by atoms with E-state index in [1.807, 2.05) is 25.1 Å². The van der Waals surface area contributed by atoms with Crippen LogP contribution in [0.15, 0.2) is 22.7 Å². The van der Waals surface area contributed by atoms with Gasteiger partial charge in [0.25, 0.3) is 5.91 Å². The minimum Gasteiger partial charge on any atom is -0.364 e. The van der Waals surface area contributed by atoms with Gasteiger partial charge in [-0.25, -0.2) is 0 Å². The lowest BCUT2D eigenvalue weighted by atomic mass is 10.1. The summed E-state index contributed by atoms with van der Waals surface area (Å²) in [6.45, 7) is 2.43. The molecule has 1 aromatic carbocycles. The number of carbonyl (C=O) groups is 1. The Bertz CT molecular complexity index is 451. The van der Waals surface area contributed by atoms with Gasteiger partial charge in [-0.1, -0.05) is 22.0 Å². The molecule has 1 aliphatic rings. The third-order valence-corrected chi connectivity index (χ3v) is 4.05. The minimum absolute atomic E-state index is 0.0179. The lowest BCUT2D eigenvalue weighted by Crippen LogP contribution is -2.30. The van der Waals surface area contributed by atoms with E-state index < -0.39 is 0 Å². The Morgan fingerprint density at radius 3 is 3.00 bits per heavy atom. The number of anilines is 1. The Morgan fingerprint density at radius 1 is 1.56 bits per heavy atom. The van der Waals surface area contributed by atoms with Gasteiger partial charge in [-0.05, 0) is 37.5 Å². The summed E-state index contributed by atoms with van der Waals surface area (Å²) in [6, 6.07) is 5.72. The van der Waals surface area contributed by atoms with E-state index in [-0.39, 0.29) is 18.1 Å². The molecule has 3 N–H and O–H groups in total. The van der Waals surface area contributed by atoms with E-state index >= 15 is 0 Å². The van der Waals surface area contributed by atoms with Crippen molar-refractivity contribution in [2.45, 2.75) is 32.0 Å². The number of amides is 1. The Kier molecular flexibility index (Phi) is 4.37. The van der Waals surface area contributed by atoms with Crippen LogP contribution in [0.25, 0.3) is 0 Å². The molecule has 1 aliphatic heterocycles. The first-order chi connectivity index (χ1) is 8.61. The molecule has 1 heterocycles. The molecule has 4 nitrogen and oxygen atoms in total. The van der Waals surface area contributed by atoms with Crippen LogP contribution in [-0.4, -0.2) is 24.7 Å². The van der Waals surface area contributed by atoms with Crippen molar-refractivity contribution < 1.29 is 9.53 Å². The summed E-state index contributed by atoms with van der Waals surface area (Å²) in [7, 11) is 0. The molecule has 1 aromatic rings. The van der Waals surface area contributed by atoms with Crippen LogP contribution in [0.2, 0.25) is 0 Å². The third kappa shape index (κ3) is 2.91. The van der Waals surface area contributed by atoms with Crippen molar-refractivity contribution in [3.8, 4) is 0 Å². The number of carbonyl (C=O) groups excluding carboxylic acids is 1. The number of benzene rings is 1. The van der Waals surface area contributed by atoms with Crippen LogP contribution >= 0.6 is 15.9 Å². The third-order valence-electron chi connectivity index (χ3n) is 3.19. The average molecular weight is 313 g/mol. The van der Waals surface area contributed by atoms with Crippen molar-refractivity contribution in [1.82, 2.24) is 0 Å². The first kappa shape index (κ1) is 13.5. The zero-order chi connectivity index (χ0) is 13.1. The first-order valence-electron chi connectivity index (χ1n) is 6.03. The molecular formula is C13H17BrN2O2. The van der Waals surface area contributed by atoms with Crippen molar-refractivity contribution in [2.75, 3.05) is 11.9 Å². The van der Waals surface area contributed by atoms with Crippen LogP contribution in [0.5, 0.6) is 0 Å². The van der Waals surface area contributed by atoms with Crippen molar-refractivity contribution in [3.05, 3.63) is 28.2 Å². The van der Waals surface area contributed by atoms with Gasteiger partial charge in [0, 0.05) is 16.7 Å². The summed E-state index contributed by atoms with van der Waals surface area (Å²) in [6.07, 6.45) is 1.23. The molecule has 1 saturated heterocycles. The van der Waals surface area contributed by atoms with Gasteiger partial charge in [-0.15, -0.1) is 0 Å². The molecule has 0 aromatic heterocycles. The normalized spacial score (nSPS) is 23.1. The van der Waals surface area contributed by atoms with Crippen molar-refractivity contribution in [3.63, 3.8) is 0 Å². The maximum absolute atomic E-state index is 12.0. The molecule has 2 rings (SSSR count). The number of ether oxygens (including phenoxy) is 1. The molecule has 2 atom stereocenters. The van der Waals surface area contributed by atoms with Crippen molar-refractivity contribution in [2.24, 2.45) is 5.73 Å². The quantitative estimate of drug-likeness (QED) is 0.899. The molecule has 98 valence electrons. The fourth-order valence-electron chi connectivity index (χ4n) is 2.03. The largest absolute Gasteiger partial charge is 0.364 e. The predicted octanol–water partition coefficient (Wildman–Crippen LogP) is 2.20. The number of nitrogens with two attached hydrogens (primary N) is 1. The molecule has 0 spiro atoms. The Labute approximate surface area is 115 Å². The van der Waals surface area contributed by atoms with Crippen LogP contribution in [0.1, 0.15) is 18.4 Å². The van der Waals surface area contributed by atoms with Gasteiger partial charge in [0.05, 0.1) is 6.10 Å². The fraction of sp³-hybridized carbons (Fsp3) is 0.462. The van der Waals surface area contributed by atoms with E-state index in [2.05, 4.69) is 21.2 Å². The Balaban J connectivity index is 2.01. The van der Waals surface area contributed by atoms with E-state index in [0.717, 1.165) is 28.6 Å². The van der Waals surface area contributed by atoms with Crippen LogP contribution < -0.4 is 11.1 Å². The highest BCUT2D eigenvalue weighted by molar-refractivity contribution is 9.10. The van der Waals surface area contributed by atoms with Gasteiger partial charge in [0.2, 0.25) is 0 Å². The highest BCUT2D eigenvalue weighted by Crippen LogP contribution is 2.25. The Morgan fingerprint density at radius 2 is 2.33 bits per heavy atom. The zero-order valence-electron chi connectivity index (χ0n) is 10.3. The van der Waals surface area contributed by atoms with Gasteiger partial charge >= 0.3 is 0 Å². The second-order valence-electron chi connectivity index (χ2n) is 4.46. The van der Waals surface area contributed by atoms with Crippen molar-refractivity contribution >= 4 is 27.5 Å². The van der Waals surface area contributed by atoms with Crippen LogP contribution in [0, 0.1) is 6.92 Å². The molecule has 5 heteroatoms. The predicted molar refractivity (Wildman–Crippen MR) is 74.5 cm³/mol. The second-order valence-corrected chi connectivity index (χ2v) is 5.32. The van der Waals surface area contributed by atoms with Gasteiger partial charge in [-0.3, -0.25) is 4.79 Å². The molecule has 18 heavy (non-hydrogen) atoms. The molecule has 1 amide bonds. The highest BCUT2D eigenvalue weighted by Gasteiger charge is 2.30. The van der Waals surface area contributed by atoms with Crippen molar-refractivity contribution in [1.29, 1.82) is 0 Å². The van der Waals surface area contributed by atoms with Crippen LogP contribution in [0.3, 0.4) is 0 Å². The summed E-state index contributed by atoms with van der Waals surface area (Å²) in [4.78, 5) is 12.0. The smallest absolute Gasteiger partial charge is 0.253 e. The molecule has 0 saturated carbocycles. The van der Waals surface area contributed by atoms with Gasteiger partial charge in [-0.2, -0.15) is 0 Å². The topological polar surface area (TPSA) is 64.4 Å². The van der Waals surface area contributed by atoms with Gasteiger partial charge < -0.3 is 15.8 Å². The molecular weight excluding hydrogens is 296 g/mol. The maximum Gasteiger partial charge on any atom is 0.253 e. The van der Waals surface area contributed by atoms with E-state index in [0.29, 0.717) is 6.54 Å². The lowest BCUT2D eigenvalue weighted by molar-refractivity contribution is -0.126. The zero-order valence-corrected chi connectivity index (χ0v) is 11.9. The van der Waals surface area contributed by atoms with Gasteiger partial charge in [0.1, 0.15) is 6.10 Å². The number of hydrogen-bond acceptors (Lipinski definition) is 3. The van der Waals surface area contributed by atoms with Crippen LogP contribution in [-0.2, 0) is 9.53 Å². The maximum atomic E-state index is 12.0. The number of hydrogen-bond donors (Lipinski definition) is 2. The summed E-state index contributed by atoms with van der Waals surface area (Å²) in [5.74, 6) is -0.0906. The van der Waals surface area contributed by atoms with E-state index in [9.17, 15) is 4.79 Å². The fourth-order valence-corrected chi connectivity index (χ4v) is 2.39. The highest BCUT2D eigenvalue weighted by atomic mass is 79.9. The summed E-state index contributed by atoms with van der Waals surface area (Å²) < 4.78 is 6.55. The standard InChI is InChI=1S/C13H17BrN2O2/c1-8-10(14)3-2-4-11(8)16-13(17)12-6-5-9(7-15)18-12/h2-4,9,12H,5-7,15H2,1H3,(H,16,17). The van der Waals surface area contributed by atoms with E-state index in [1.165, 1.54) is 0 Å². The monoisotopic (exact) mass is 312 g/mol.